The van der Waals surface area contributed by atoms with Crippen molar-refractivity contribution in [2.24, 2.45) is 23.7 Å². The minimum Gasteiger partial charge on any atom is -0.465 e. The Morgan fingerprint density at radius 3 is 2.33 bits per heavy atom. The average Bonchev–Trinajstić information content (AvgIpc) is 3.39. The summed E-state index contributed by atoms with van der Waals surface area (Å²) in [5, 5.41) is 0. The minimum absolute atomic E-state index is 0.0110. The smallest absolute Gasteiger partial charge is 0.309 e. The first kappa shape index (κ1) is 16.6. The van der Waals surface area contributed by atoms with Crippen LogP contribution in [0.15, 0.2) is 0 Å². The summed E-state index contributed by atoms with van der Waals surface area (Å²) >= 11 is 0. The minimum atomic E-state index is 0.0110. The Hall–Kier alpha value is -0.900. The van der Waals surface area contributed by atoms with Crippen molar-refractivity contribution >= 4 is 11.8 Å². The number of Topliss-reactive ketones (excluding diaryl/α,β-unsaturated/α-hetero) is 1. The molecule has 24 heavy (non-hydrogen) atoms. The number of carbonyl (C=O) groups is 2. The van der Waals surface area contributed by atoms with Crippen molar-refractivity contribution in [1.82, 2.24) is 0 Å². The Kier molecular flexibility index (Phi) is 4.93. The average molecular weight is 334 g/mol. The highest BCUT2D eigenvalue weighted by Crippen LogP contribution is 2.41. The van der Waals surface area contributed by atoms with Crippen LogP contribution in [0, 0.1) is 23.7 Å². The maximum Gasteiger partial charge on any atom is 0.309 e. The summed E-state index contributed by atoms with van der Waals surface area (Å²) in [4.78, 5) is 23.6. The Bertz CT molecular complexity index is 470. The van der Waals surface area contributed by atoms with E-state index in [0.29, 0.717) is 30.5 Å². The molecular formula is C20H30O4. The van der Waals surface area contributed by atoms with Gasteiger partial charge in [0, 0.05) is 12.8 Å². The first-order valence-electron chi connectivity index (χ1n) is 10.0. The maximum atomic E-state index is 12.2. The Morgan fingerprint density at radius 1 is 0.917 bits per heavy atom. The maximum absolute atomic E-state index is 12.2. The number of esters is 1. The van der Waals surface area contributed by atoms with Crippen molar-refractivity contribution in [1.29, 1.82) is 0 Å². The fraction of sp³-hybridized carbons (Fsp3) is 0.900. The predicted octanol–water partition coefficient (Wildman–Crippen LogP) is 3.66. The van der Waals surface area contributed by atoms with Crippen LogP contribution in [-0.4, -0.2) is 30.6 Å². The van der Waals surface area contributed by atoms with Crippen molar-refractivity contribution in [3.05, 3.63) is 0 Å². The molecule has 1 heterocycles. The predicted molar refractivity (Wildman–Crippen MR) is 89.4 cm³/mol. The second-order valence-electron chi connectivity index (χ2n) is 8.51. The molecule has 0 radical (unpaired) electrons. The van der Waals surface area contributed by atoms with Crippen molar-refractivity contribution in [2.75, 3.05) is 6.61 Å². The van der Waals surface area contributed by atoms with E-state index in [2.05, 4.69) is 0 Å². The lowest BCUT2D eigenvalue weighted by atomic mass is 9.71. The number of carbonyl (C=O) groups excluding carboxylic acids is 2. The highest BCUT2D eigenvalue weighted by molar-refractivity contribution is 5.79. The largest absolute Gasteiger partial charge is 0.465 e. The van der Waals surface area contributed by atoms with Gasteiger partial charge in [0.2, 0.25) is 0 Å². The molecule has 3 unspecified atom stereocenters. The molecule has 1 saturated heterocycles. The molecular weight excluding hydrogens is 304 g/mol. The highest BCUT2D eigenvalue weighted by atomic mass is 16.6. The van der Waals surface area contributed by atoms with E-state index in [9.17, 15) is 9.59 Å². The third-order valence-electron chi connectivity index (χ3n) is 6.94. The normalized spacial score (nSPS) is 40.0. The van der Waals surface area contributed by atoms with Crippen LogP contribution in [0.1, 0.15) is 70.6 Å². The fourth-order valence-electron chi connectivity index (χ4n) is 5.20. The van der Waals surface area contributed by atoms with E-state index in [4.69, 9.17) is 9.47 Å². The van der Waals surface area contributed by atoms with Gasteiger partial charge in [-0.3, -0.25) is 9.59 Å². The van der Waals surface area contributed by atoms with E-state index >= 15 is 0 Å². The van der Waals surface area contributed by atoms with Crippen LogP contribution in [0.4, 0.5) is 0 Å². The van der Waals surface area contributed by atoms with Gasteiger partial charge in [-0.25, -0.2) is 0 Å². The van der Waals surface area contributed by atoms with Gasteiger partial charge in [-0.2, -0.15) is 0 Å². The molecule has 4 rings (SSSR count). The summed E-state index contributed by atoms with van der Waals surface area (Å²) in [6.07, 6.45) is 12.3. The van der Waals surface area contributed by atoms with Crippen LogP contribution in [0.2, 0.25) is 0 Å². The van der Waals surface area contributed by atoms with E-state index in [0.717, 1.165) is 56.8 Å². The van der Waals surface area contributed by atoms with Gasteiger partial charge < -0.3 is 9.47 Å². The van der Waals surface area contributed by atoms with Gasteiger partial charge in [0.05, 0.1) is 24.7 Å². The molecule has 4 fully saturated rings. The third kappa shape index (κ3) is 3.84. The quantitative estimate of drug-likeness (QED) is 0.581. The molecule has 0 spiro atoms. The molecule has 0 aromatic heterocycles. The van der Waals surface area contributed by atoms with Gasteiger partial charge >= 0.3 is 5.97 Å². The molecule has 0 bridgehead atoms. The third-order valence-corrected chi connectivity index (χ3v) is 6.94. The first-order chi connectivity index (χ1) is 11.7. The van der Waals surface area contributed by atoms with Crippen LogP contribution in [-0.2, 0) is 19.1 Å². The zero-order valence-electron chi connectivity index (χ0n) is 14.6. The molecule has 4 heteroatoms. The van der Waals surface area contributed by atoms with Crippen molar-refractivity contribution < 1.29 is 19.1 Å². The second kappa shape index (κ2) is 7.15. The number of epoxide rings is 1. The number of hydrogen-bond donors (Lipinski definition) is 0. The number of ketones is 1. The molecule has 3 saturated carbocycles. The Morgan fingerprint density at radius 2 is 1.62 bits per heavy atom. The second-order valence-corrected chi connectivity index (χ2v) is 8.51. The van der Waals surface area contributed by atoms with Gasteiger partial charge in [-0.1, -0.05) is 0 Å². The van der Waals surface area contributed by atoms with Crippen LogP contribution >= 0.6 is 0 Å². The molecule has 0 aromatic rings. The summed E-state index contributed by atoms with van der Waals surface area (Å²) in [6.45, 7) is 0.611. The summed E-state index contributed by atoms with van der Waals surface area (Å²) < 4.78 is 11.1. The zero-order valence-corrected chi connectivity index (χ0v) is 14.6. The molecule has 4 nitrogen and oxygen atoms in total. The highest BCUT2D eigenvalue weighted by Gasteiger charge is 2.46. The lowest BCUT2D eigenvalue weighted by Crippen LogP contribution is -2.29. The van der Waals surface area contributed by atoms with Crippen LogP contribution in [0.3, 0.4) is 0 Å². The van der Waals surface area contributed by atoms with Gasteiger partial charge in [0.25, 0.3) is 0 Å². The van der Waals surface area contributed by atoms with Crippen molar-refractivity contribution in [3.8, 4) is 0 Å². The SMILES string of the molecule is O=C1CCC(C2CCC(COC(=O)C3CCC4OC4C3)CC2)CC1. The Labute approximate surface area is 144 Å². The molecule has 3 aliphatic carbocycles. The molecule has 4 aliphatic rings. The first-order valence-corrected chi connectivity index (χ1v) is 10.0. The summed E-state index contributed by atoms with van der Waals surface area (Å²) in [5.74, 6) is 2.65. The van der Waals surface area contributed by atoms with E-state index in [-0.39, 0.29) is 11.9 Å². The van der Waals surface area contributed by atoms with Crippen molar-refractivity contribution in [2.45, 2.75) is 82.8 Å². The molecule has 0 aromatic carbocycles. The van der Waals surface area contributed by atoms with Crippen molar-refractivity contribution in [3.63, 3.8) is 0 Å². The number of ether oxygens (including phenoxy) is 2. The molecule has 0 amide bonds. The van der Waals surface area contributed by atoms with E-state index in [1.165, 1.54) is 25.7 Å². The molecule has 3 atom stereocenters. The standard InChI is InChI=1S/C20H30O4/c21-17-8-5-15(6-9-17)14-3-1-13(2-4-14)12-23-20(22)16-7-10-18-19(11-16)24-18/h13-16,18-19H,1-12H2. The molecule has 0 N–H and O–H groups in total. The van der Waals surface area contributed by atoms with Gasteiger partial charge in [0.15, 0.2) is 0 Å². The Balaban J connectivity index is 1.15. The number of fused-ring (bicyclic) bond motifs is 1. The monoisotopic (exact) mass is 334 g/mol. The fourth-order valence-corrected chi connectivity index (χ4v) is 5.20. The lowest BCUT2D eigenvalue weighted by Gasteiger charge is -2.35. The van der Waals surface area contributed by atoms with E-state index in [1.54, 1.807) is 0 Å². The lowest BCUT2D eigenvalue weighted by molar-refractivity contribution is -0.151. The molecule has 134 valence electrons. The number of rotatable bonds is 4. The topological polar surface area (TPSA) is 55.9 Å². The summed E-state index contributed by atoms with van der Waals surface area (Å²) in [7, 11) is 0. The van der Waals surface area contributed by atoms with Gasteiger partial charge in [-0.15, -0.1) is 0 Å². The van der Waals surface area contributed by atoms with Gasteiger partial charge in [0.1, 0.15) is 5.78 Å². The number of hydrogen-bond acceptors (Lipinski definition) is 4. The van der Waals surface area contributed by atoms with Gasteiger partial charge in [-0.05, 0) is 75.5 Å². The summed E-state index contributed by atoms with van der Waals surface area (Å²) in [6, 6.07) is 0. The van der Waals surface area contributed by atoms with Crippen LogP contribution < -0.4 is 0 Å². The van der Waals surface area contributed by atoms with Crippen LogP contribution in [0.25, 0.3) is 0 Å². The summed E-state index contributed by atoms with van der Waals surface area (Å²) in [5.41, 5.74) is 0. The van der Waals surface area contributed by atoms with E-state index < -0.39 is 0 Å². The molecule has 1 aliphatic heterocycles. The van der Waals surface area contributed by atoms with Crippen LogP contribution in [0.5, 0.6) is 0 Å². The van der Waals surface area contributed by atoms with E-state index in [1.807, 2.05) is 0 Å². The zero-order chi connectivity index (χ0) is 16.5.